The lowest BCUT2D eigenvalue weighted by Gasteiger charge is -2.28. The van der Waals surface area contributed by atoms with Crippen molar-refractivity contribution in [2.75, 3.05) is 19.6 Å². The summed E-state index contributed by atoms with van der Waals surface area (Å²) in [5.41, 5.74) is 1.77. The maximum atomic E-state index is 12.5. The number of benzene rings is 1. The highest BCUT2D eigenvalue weighted by Gasteiger charge is 2.25. The monoisotopic (exact) mass is 359 g/mol. The minimum Gasteiger partial charge on any atom is -0.505 e. The van der Waals surface area contributed by atoms with E-state index in [1.54, 1.807) is 13.0 Å². The minimum atomic E-state index is -0.368. The predicted molar refractivity (Wildman–Crippen MR) is 98.0 cm³/mol. The van der Waals surface area contributed by atoms with Crippen molar-refractivity contribution in [2.45, 2.75) is 25.8 Å². The van der Waals surface area contributed by atoms with Crippen LogP contribution in [0.25, 0.3) is 0 Å². The summed E-state index contributed by atoms with van der Waals surface area (Å²) in [4.78, 5) is 18.8. The summed E-state index contributed by atoms with van der Waals surface area (Å²) in [6.07, 6.45) is 3.84. The van der Waals surface area contributed by atoms with Crippen LogP contribution in [-0.2, 0) is 0 Å². The van der Waals surface area contributed by atoms with Crippen LogP contribution < -0.4 is 5.32 Å². The van der Waals surface area contributed by atoms with Crippen LogP contribution in [0.5, 0.6) is 5.75 Å². The smallest absolute Gasteiger partial charge is 0.273 e. The number of likely N-dealkylation sites (tertiary alicyclic amines) is 1. The number of nitrogens with one attached hydrogen (secondary N) is 1. The summed E-state index contributed by atoms with van der Waals surface area (Å²) in [6.45, 7) is 4.18. The van der Waals surface area contributed by atoms with Gasteiger partial charge in [0.25, 0.3) is 5.91 Å². The second-order valence-corrected chi connectivity index (χ2v) is 6.79. The Hall–Kier alpha value is -2.11. The van der Waals surface area contributed by atoms with Gasteiger partial charge in [0.15, 0.2) is 5.69 Å². The first-order valence-corrected chi connectivity index (χ1v) is 8.86. The Kier molecular flexibility index (Phi) is 5.56. The highest BCUT2D eigenvalue weighted by molar-refractivity contribution is 6.30. The third-order valence-electron chi connectivity index (χ3n) is 4.61. The van der Waals surface area contributed by atoms with Gasteiger partial charge in [0.1, 0.15) is 5.75 Å². The molecule has 132 valence electrons. The Balaban J connectivity index is 1.76. The van der Waals surface area contributed by atoms with Crippen LogP contribution in [0.4, 0.5) is 0 Å². The number of pyridine rings is 1. The number of rotatable bonds is 5. The zero-order chi connectivity index (χ0) is 17.8. The molecule has 2 heterocycles. The molecule has 3 rings (SSSR count). The van der Waals surface area contributed by atoms with E-state index in [2.05, 4.69) is 15.2 Å². The number of halogens is 1. The summed E-state index contributed by atoms with van der Waals surface area (Å²) in [5.74, 6) is -0.437. The van der Waals surface area contributed by atoms with E-state index in [1.165, 1.54) is 6.20 Å². The third-order valence-corrected chi connectivity index (χ3v) is 4.85. The van der Waals surface area contributed by atoms with E-state index in [-0.39, 0.29) is 23.4 Å². The molecule has 0 spiro atoms. The van der Waals surface area contributed by atoms with Gasteiger partial charge in [-0.3, -0.25) is 9.69 Å². The lowest BCUT2D eigenvalue weighted by Crippen LogP contribution is -2.37. The summed E-state index contributed by atoms with van der Waals surface area (Å²) in [5, 5.41) is 13.6. The molecule has 5 nitrogen and oxygen atoms in total. The summed E-state index contributed by atoms with van der Waals surface area (Å²) >= 11 is 6.14. The lowest BCUT2D eigenvalue weighted by atomic mass is 10.1. The second kappa shape index (κ2) is 7.85. The van der Waals surface area contributed by atoms with E-state index in [0.717, 1.165) is 31.5 Å². The Morgan fingerprint density at radius 2 is 2.12 bits per heavy atom. The molecule has 0 aliphatic carbocycles. The molecule has 1 aromatic carbocycles. The van der Waals surface area contributed by atoms with Gasteiger partial charge in [0.05, 0.1) is 6.04 Å². The fourth-order valence-corrected chi connectivity index (χ4v) is 3.41. The van der Waals surface area contributed by atoms with E-state index in [9.17, 15) is 9.90 Å². The van der Waals surface area contributed by atoms with Gasteiger partial charge in [-0.2, -0.15) is 0 Å². The molecule has 1 aliphatic heterocycles. The standard InChI is InChI=1S/C19H22ClN3O2/c1-13-7-8-21-17(18(13)24)19(25)22-12-16(23-9-2-3-10-23)14-5-4-6-15(20)11-14/h4-8,11,16,24H,2-3,9-10,12H2,1H3,(H,22,25). The van der Waals surface area contributed by atoms with Crippen LogP contribution in [0.1, 0.15) is 40.5 Å². The van der Waals surface area contributed by atoms with Crippen molar-refractivity contribution < 1.29 is 9.90 Å². The SMILES string of the molecule is Cc1ccnc(C(=O)NCC(c2cccc(Cl)c2)N2CCCC2)c1O. The molecular formula is C19H22ClN3O2. The normalized spacial score (nSPS) is 15.9. The number of aryl methyl sites for hydroxylation is 1. The molecule has 1 unspecified atom stereocenters. The zero-order valence-corrected chi connectivity index (χ0v) is 15.0. The fraction of sp³-hybridized carbons (Fsp3) is 0.368. The number of nitrogens with zero attached hydrogens (tertiary/aromatic N) is 2. The van der Waals surface area contributed by atoms with Gasteiger partial charge in [-0.1, -0.05) is 23.7 Å². The van der Waals surface area contributed by atoms with Gasteiger partial charge in [-0.15, -0.1) is 0 Å². The predicted octanol–water partition coefficient (Wildman–Crippen LogP) is 3.32. The largest absolute Gasteiger partial charge is 0.505 e. The third kappa shape index (κ3) is 4.11. The van der Waals surface area contributed by atoms with Gasteiger partial charge in [0.2, 0.25) is 0 Å². The van der Waals surface area contributed by atoms with Crippen molar-refractivity contribution >= 4 is 17.5 Å². The van der Waals surface area contributed by atoms with E-state index < -0.39 is 0 Å². The topological polar surface area (TPSA) is 65.5 Å². The van der Waals surface area contributed by atoms with Crippen molar-refractivity contribution in [3.8, 4) is 5.75 Å². The van der Waals surface area contributed by atoms with E-state index in [0.29, 0.717) is 17.1 Å². The average molecular weight is 360 g/mol. The molecule has 1 aromatic heterocycles. The highest BCUT2D eigenvalue weighted by atomic mass is 35.5. The number of hydrogen-bond donors (Lipinski definition) is 2. The Labute approximate surface area is 152 Å². The Bertz CT molecular complexity index is 760. The summed E-state index contributed by atoms with van der Waals surface area (Å²) < 4.78 is 0. The van der Waals surface area contributed by atoms with Gasteiger partial charge in [0, 0.05) is 17.8 Å². The highest BCUT2D eigenvalue weighted by Crippen LogP contribution is 2.27. The molecular weight excluding hydrogens is 338 g/mol. The molecule has 0 radical (unpaired) electrons. The van der Waals surface area contributed by atoms with Gasteiger partial charge in [-0.25, -0.2) is 4.98 Å². The molecule has 6 heteroatoms. The molecule has 2 aromatic rings. The first kappa shape index (κ1) is 17.7. The van der Waals surface area contributed by atoms with Gasteiger partial charge >= 0.3 is 0 Å². The Morgan fingerprint density at radius 1 is 1.36 bits per heavy atom. The van der Waals surface area contributed by atoms with Crippen LogP contribution in [0.2, 0.25) is 5.02 Å². The Morgan fingerprint density at radius 3 is 2.84 bits per heavy atom. The van der Waals surface area contributed by atoms with Crippen molar-refractivity contribution in [1.29, 1.82) is 0 Å². The van der Waals surface area contributed by atoms with Crippen LogP contribution >= 0.6 is 11.6 Å². The first-order chi connectivity index (χ1) is 12.1. The number of carbonyl (C=O) groups is 1. The van der Waals surface area contributed by atoms with E-state index in [1.807, 2.05) is 24.3 Å². The van der Waals surface area contributed by atoms with Crippen molar-refractivity contribution in [2.24, 2.45) is 0 Å². The zero-order valence-electron chi connectivity index (χ0n) is 14.2. The molecule has 0 bridgehead atoms. The number of amides is 1. The molecule has 0 saturated carbocycles. The van der Waals surface area contributed by atoms with Crippen LogP contribution in [-0.4, -0.2) is 40.5 Å². The number of aromatic hydroxyl groups is 1. The summed E-state index contributed by atoms with van der Waals surface area (Å²) in [7, 11) is 0. The van der Waals surface area contributed by atoms with Crippen molar-refractivity contribution in [3.63, 3.8) is 0 Å². The number of carbonyl (C=O) groups excluding carboxylic acids is 1. The van der Waals surface area contributed by atoms with E-state index in [4.69, 9.17) is 11.6 Å². The maximum Gasteiger partial charge on any atom is 0.273 e. The van der Waals surface area contributed by atoms with E-state index >= 15 is 0 Å². The fourth-order valence-electron chi connectivity index (χ4n) is 3.21. The first-order valence-electron chi connectivity index (χ1n) is 8.48. The molecule has 2 N–H and O–H groups in total. The number of aromatic nitrogens is 1. The lowest BCUT2D eigenvalue weighted by molar-refractivity contribution is 0.0930. The quantitative estimate of drug-likeness (QED) is 0.859. The van der Waals surface area contributed by atoms with Crippen LogP contribution in [0.15, 0.2) is 36.5 Å². The molecule has 1 atom stereocenters. The summed E-state index contributed by atoms with van der Waals surface area (Å²) in [6, 6.07) is 9.47. The second-order valence-electron chi connectivity index (χ2n) is 6.35. The maximum absolute atomic E-state index is 12.5. The molecule has 1 amide bonds. The van der Waals surface area contributed by atoms with Crippen molar-refractivity contribution in [3.05, 3.63) is 58.4 Å². The molecule has 1 fully saturated rings. The average Bonchev–Trinajstić information content (AvgIpc) is 3.12. The molecule has 25 heavy (non-hydrogen) atoms. The number of hydrogen-bond acceptors (Lipinski definition) is 4. The van der Waals surface area contributed by atoms with Gasteiger partial charge < -0.3 is 10.4 Å². The van der Waals surface area contributed by atoms with Gasteiger partial charge in [-0.05, 0) is 62.2 Å². The van der Waals surface area contributed by atoms with Crippen LogP contribution in [0, 0.1) is 6.92 Å². The van der Waals surface area contributed by atoms with Crippen LogP contribution in [0.3, 0.4) is 0 Å². The van der Waals surface area contributed by atoms with Crippen molar-refractivity contribution in [1.82, 2.24) is 15.2 Å². The minimum absolute atomic E-state index is 0.0529. The molecule has 1 saturated heterocycles. The molecule has 1 aliphatic rings.